The van der Waals surface area contributed by atoms with E-state index in [0.29, 0.717) is 0 Å². The third-order valence-corrected chi connectivity index (χ3v) is 28.4. The summed E-state index contributed by atoms with van der Waals surface area (Å²) in [5.41, 5.74) is 29.9. The van der Waals surface area contributed by atoms with Gasteiger partial charge in [-0.2, -0.15) is 0 Å². The van der Waals surface area contributed by atoms with Gasteiger partial charge in [-0.1, -0.05) is 552 Å². The van der Waals surface area contributed by atoms with Crippen LogP contribution in [-0.4, -0.2) is 0 Å². The highest BCUT2D eigenvalue weighted by Crippen LogP contribution is 2.49. The van der Waals surface area contributed by atoms with Crippen LogP contribution < -0.4 is 0 Å². The van der Waals surface area contributed by atoms with Crippen LogP contribution in [0, 0.1) is 0 Å². The van der Waals surface area contributed by atoms with Crippen LogP contribution in [0.2, 0.25) is 0 Å². The normalized spacial score (nSPS) is 11.2. The fraction of sp³-hybridized carbons (Fsp3) is 0. The molecule has 0 aromatic heterocycles. The van der Waals surface area contributed by atoms with Gasteiger partial charge in [-0.15, -0.1) is 0 Å². The standard InChI is InChI=1S/C40H26.C36H24.C34H22.C34H26/c1-3-11-29-25-31(19-17-27(29)9-1)33-21-23-39(37-15-7-5-13-35(33)37)40-24-22-34(36-14-6-8-16-38(36)40)32-20-18-28-10-2-4-12-30(28)26-32;1-2-10-25(11-3-1)27-18-21-28(22-19-27)35-31-14-6-8-16-33(31)36(34-17-9-7-15-32(34)35)30-23-20-26-12-4-5-13-29(26)24-30;1-3-11-25-21-27(19-17-23(25)9-1)33-29-13-5-7-15-31(29)34(32-16-8-6-14-30(32)33)28-20-18-24-10-2-4-12-26(24)22-28;1-5-13-29(14-6-1)33(30-15-7-2-8-16-30)25-27-21-23-28(24-22-27)26-34(31-17-9-3-10-18-31)32-19-11-4-12-20-32/h1-26H;1-24H;1-22H;1-26H. The van der Waals surface area contributed by atoms with Gasteiger partial charge in [0.2, 0.25) is 0 Å². The van der Waals surface area contributed by atoms with Gasteiger partial charge in [0.15, 0.2) is 0 Å². The van der Waals surface area contributed by atoms with Crippen molar-refractivity contribution in [3.63, 3.8) is 0 Å². The summed E-state index contributed by atoms with van der Waals surface area (Å²) >= 11 is 0. The van der Waals surface area contributed by atoms with Crippen molar-refractivity contribution in [2.45, 2.75) is 0 Å². The van der Waals surface area contributed by atoms with E-state index in [4.69, 9.17) is 0 Å². The van der Waals surface area contributed by atoms with Crippen molar-refractivity contribution in [2.24, 2.45) is 0 Å². The number of rotatable bonds is 14. The van der Waals surface area contributed by atoms with E-state index in [0.717, 1.165) is 0 Å². The van der Waals surface area contributed by atoms with E-state index in [9.17, 15) is 0 Å². The average molecular weight is 1830 g/mol. The van der Waals surface area contributed by atoms with E-state index >= 15 is 0 Å². The van der Waals surface area contributed by atoms with Gasteiger partial charge in [0.1, 0.15) is 0 Å². The first-order valence-electron chi connectivity index (χ1n) is 49.7. The van der Waals surface area contributed by atoms with Crippen molar-refractivity contribution in [2.75, 3.05) is 0 Å². The molecule has 0 bridgehead atoms. The summed E-state index contributed by atoms with van der Waals surface area (Å²) in [6.07, 6.45) is 4.54. The van der Waals surface area contributed by atoms with Crippen LogP contribution in [0.3, 0.4) is 0 Å². The maximum absolute atomic E-state index is 2.33. The zero-order chi connectivity index (χ0) is 95.9. The predicted octanol–water partition coefficient (Wildman–Crippen LogP) is 39.9. The molecule has 0 unspecified atom stereocenters. The summed E-state index contributed by atoms with van der Waals surface area (Å²) in [6, 6.07) is 210. The Bertz CT molecular complexity index is 8900. The second kappa shape index (κ2) is 40.0. The maximum atomic E-state index is 2.33. The molecule has 0 heteroatoms. The van der Waals surface area contributed by atoms with Crippen LogP contribution in [0.1, 0.15) is 33.4 Å². The van der Waals surface area contributed by atoms with Gasteiger partial charge in [-0.3, -0.25) is 0 Å². The van der Waals surface area contributed by atoms with Crippen LogP contribution in [0.5, 0.6) is 0 Å². The Morgan fingerprint density at radius 1 is 0.111 bits per heavy atom. The van der Waals surface area contributed by atoms with Crippen LogP contribution in [0.25, 0.3) is 231 Å². The summed E-state index contributed by atoms with van der Waals surface area (Å²) in [6.45, 7) is 0. The Balaban J connectivity index is 0.000000104. The molecule has 0 fully saturated rings. The first-order valence-corrected chi connectivity index (χ1v) is 49.7. The minimum atomic E-state index is 1.18. The molecule has 0 aliphatic rings. The molecule has 0 radical (unpaired) electrons. The van der Waals surface area contributed by atoms with E-state index in [-0.39, 0.29) is 0 Å². The number of benzene rings is 27. The maximum Gasteiger partial charge on any atom is -0.00262 e. The molecule has 0 N–H and O–H groups in total. The van der Waals surface area contributed by atoms with Gasteiger partial charge < -0.3 is 0 Å². The van der Waals surface area contributed by atoms with E-state index in [1.165, 1.54) is 252 Å². The highest BCUT2D eigenvalue weighted by Gasteiger charge is 2.22. The molecule has 0 heterocycles. The van der Waals surface area contributed by atoms with E-state index in [1.807, 2.05) is 0 Å². The molecule has 0 spiro atoms. The number of hydrogen-bond donors (Lipinski definition) is 0. The minimum absolute atomic E-state index is 1.18. The predicted molar refractivity (Wildman–Crippen MR) is 622 cm³/mol. The Hall–Kier alpha value is -18.7. The van der Waals surface area contributed by atoms with Crippen molar-refractivity contribution in [3.8, 4) is 89.0 Å². The molecule has 0 aliphatic carbocycles. The SMILES string of the molecule is C(=C(c1ccccc1)c1ccccc1)c1ccc(C=C(c2ccccc2)c2ccccc2)cc1.c1ccc(-c2ccc(-c3c4ccccc4c(-c4ccc5ccccc5c4)c4ccccc34)cc2)cc1.c1ccc2cc(-c3c4ccccc4c(-c4ccc5ccccc5c4)c4ccccc34)ccc2c1.c1ccc2cc(-c3ccc(-c4ccc(-c5ccc6ccccc6c5)c5ccccc45)c4ccccc34)ccc2c1. The fourth-order valence-corrected chi connectivity index (χ4v) is 21.4. The molecule has 0 atom stereocenters. The molecule has 674 valence electrons. The van der Waals surface area contributed by atoms with Crippen molar-refractivity contribution < 1.29 is 0 Å². The lowest BCUT2D eigenvalue weighted by atomic mass is 9.85. The molecule has 0 amide bonds. The second-order valence-corrected chi connectivity index (χ2v) is 37.1. The van der Waals surface area contributed by atoms with Gasteiger partial charge >= 0.3 is 0 Å². The van der Waals surface area contributed by atoms with E-state index in [2.05, 4.69) is 595 Å². The van der Waals surface area contributed by atoms with Crippen LogP contribution >= 0.6 is 0 Å². The zero-order valence-electron chi connectivity index (χ0n) is 79.6. The number of hydrogen-bond acceptors (Lipinski definition) is 0. The molecule has 0 aliphatic heterocycles. The highest BCUT2D eigenvalue weighted by molar-refractivity contribution is 6.24. The molecule has 0 saturated carbocycles. The topological polar surface area (TPSA) is 0 Å². The molecular formula is C144H98. The summed E-state index contributed by atoms with van der Waals surface area (Å²) in [7, 11) is 0. The van der Waals surface area contributed by atoms with E-state index < -0.39 is 0 Å². The van der Waals surface area contributed by atoms with Gasteiger partial charge in [0, 0.05) is 0 Å². The summed E-state index contributed by atoms with van der Waals surface area (Å²) in [4.78, 5) is 0. The average Bonchev–Trinajstić information content (AvgIpc) is 0.757. The second-order valence-electron chi connectivity index (χ2n) is 37.1. The molecular weight excluding hydrogens is 1730 g/mol. The number of fused-ring (bicyclic) bond motifs is 11. The summed E-state index contributed by atoms with van der Waals surface area (Å²) in [5, 5.41) is 28.1. The largest absolute Gasteiger partial charge is 0.0622 e. The van der Waals surface area contributed by atoms with Crippen molar-refractivity contribution in [1.29, 1.82) is 0 Å². The Kier molecular flexibility index (Phi) is 24.5. The zero-order valence-corrected chi connectivity index (χ0v) is 79.6. The minimum Gasteiger partial charge on any atom is -0.0622 e. The van der Waals surface area contributed by atoms with Crippen LogP contribution in [0.15, 0.2) is 582 Å². The molecule has 144 heavy (non-hydrogen) atoms. The monoisotopic (exact) mass is 1830 g/mol. The van der Waals surface area contributed by atoms with Gasteiger partial charge in [0.25, 0.3) is 0 Å². The highest BCUT2D eigenvalue weighted by atomic mass is 14.3. The summed E-state index contributed by atoms with van der Waals surface area (Å²) < 4.78 is 0. The molecule has 27 aromatic carbocycles. The van der Waals surface area contributed by atoms with Crippen molar-refractivity contribution >= 4 is 142 Å². The van der Waals surface area contributed by atoms with E-state index in [1.54, 1.807) is 0 Å². The van der Waals surface area contributed by atoms with Crippen molar-refractivity contribution in [3.05, 3.63) is 616 Å². The molecule has 27 rings (SSSR count). The quantitative estimate of drug-likeness (QED) is 0.0752. The van der Waals surface area contributed by atoms with Gasteiger partial charge in [-0.25, -0.2) is 0 Å². The lowest BCUT2D eigenvalue weighted by Gasteiger charge is -2.18. The first-order chi connectivity index (χ1) is 71.4. The van der Waals surface area contributed by atoms with Crippen molar-refractivity contribution in [1.82, 2.24) is 0 Å². The molecule has 0 nitrogen and oxygen atoms in total. The Morgan fingerprint density at radius 3 is 0.562 bits per heavy atom. The van der Waals surface area contributed by atoms with Gasteiger partial charge in [0.05, 0.1) is 0 Å². The van der Waals surface area contributed by atoms with Crippen LogP contribution in [-0.2, 0) is 0 Å². The van der Waals surface area contributed by atoms with Gasteiger partial charge in [-0.05, 0) is 295 Å². The lowest BCUT2D eigenvalue weighted by molar-refractivity contribution is 1.54. The first kappa shape index (κ1) is 88.0. The van der Waals surface area contributed by atoms with Crippen LogP contribution in [0.4, 0.5) is 0 Å². The fourth-order valence-electron chi connectivity index (χ4n) is 21.4. The smallest absolute Gasteiger partial charge is 0.00262 e. The summed E-state index contributed by atoms with van der Waals surface area (Å²) in [5.74, 6) is 0. The Labute approximate surface area is 840 Å². The Morgan fingerprint density at radius 2 is 0.292 bits per heavy atom. The molecule has 0 saturated heterocycles. The lowest BCUT2D eigenvalue weighted by Crippen LogP contribution is -1.91. The third-order valence-electron chi connectivity index (χ3n) is 28.4. The molecule has 27 aromatic rings. The third kappa shape index (κ3) is 17.9.